The molecule has 0 fully saturated rings. The van der Waals surface area contributed by atoms with Gasteiger partial charge in [-0.2, -0.15) is 0 Å². The molecule has 3 aromatic rings. The summed E-state index contributed by atoms with van der Waals surface area (Å²) >= 11 is 18.4. The van der Waals surface area contributed by atoms with Crippen LogP contribution < -0.4 is 9.47 Å². The summed E-state index contributed by atoms with van der Waals surface area (Å²) in [4.78, 5) is 12.6. The zero-order chi connectivity index (χ0) is 24.1. The van der Waals surface area contributed by atoms with Crippen LogP contribution >= 0.6 is 34.8 Å². The average Bonchev–Trinajstić information content (AvgIpc) is 2.77. The number of allylic oxidation sites excluding steroid dienone is 1. The van der Waals surface area contributed by atoms with Crippen LogP contribution in [0, 0.1) is 6.92 Å². The lowest BCUT2D eigenvalue weighted by Crippen LogP contribution is -2.03. The summed E-state index contributed by atoms with van der Waals surface area (Å²) in [5, 5.41) is 1.53. The quantitative estimate of drug-likeness (QED) is 0.228. The molecule has 0 saturated heterocycles. The summed E-state index contributed by atoms with van der Waals surface area (Å²) in [6.45, 7) is 6.46. The van der Waals surface area contributed by atoms with Gasteiger partial charge in [0.1, 0.15) is 18.1 Å². The number of hydrogen-bond acceptors (Lipinski definition) is 3. The van der Waals surface area contributed by atoms with Crippen LogP contribution in [-0.4, -0.2) is 12.9 Å². The van der Waals surface area contributed by atoms with E-state index in [0.29, 0.717) is 28.0 Å². The lowest BCUT2D eigenvalue weighted by atomic mass is 10.0. The van der Waals surface area contributed by atoms with Gasteiger partial charge in [0, 0.05) is 21.2 Å². The van der Waals surface area contributed by atoms with Gasteiger partial charge in [-0.15, -0.1) is 0 Å². The van der Waals surface area contributed by atoms with Crippen molar-refractivity contribution in [2.75, 3.05) is 7.11 Å². The number of methoxy groups -OCH3 is 1. The zero-order valence-corrected chi connectivity index (χ0v) is 21.2. The molecule has 0 aliphatic rings. The molecule has 6 heteroatoms. The predicted octanol–water partition coefficient (Wildman–Crippen LogP) is 8.56. The first-order valence-corrected chi connectivity index (χ1v) is 11.6. The van der Waals surface area contributed by atoms with Crippen LogP contribution in [0.15, 0.2) is 54.6 Å². The van der Waals surface area contributed by atoms with Gasteiger partial charge in [0.2, 0.25) is 0 Å². The SMILES string of the molecule is COc1ccc(/C=C/C(=O)c2ccc(Cl)cc2Cl)cc1COc1cc(C)c(Cl)cc1C(C)C. The number of carbonyl (C=O) groups excluding carboxylic acids is 1. The van der Waals surface area contributed by atoms with Crippen molar-refractivity contribution in [3.63, 3.8) is 0 Å². The molecule has 0 aliphatic heterocycles. The molecule has 33 heavy (non-hydrogen) atoms. The second kappa shape index (κ2) is 11.1. The van der Waals surface area contributed by atoms with Crippen molar-refractivity contribution in [2.45, 2.75) is 33.3 Å². The Bertz CT molecular complexity index is 1200. The second-order valence-electron chi connectivity index (χ2n) is 7.98. The van der Waals surface area contributed by atoms with Crippen molar-refractivity contribution in [1.29, 1.82) is 0 Å². The second-order valence-corrected chi connectivity index (χ2v) is 9.23. The van der Waals surface area contributed by atoms with Crippen molar-refractivity contribution in [1.82, 2.24) is 0 Å². The first kappa shape index (κ1) is 25.2. The molecule has 3 aromatic carbocycles. The number of aryl methyl sites for hydroxylation is 1. The minimum absolute atomic E-state index is 0.205. The largest absolute Gasteiger partial charge is 0.496 e. The van der Waals surface area contributed by atoms with Crippen molar-refractivity contribution in [2.24, 2.45) is 0 Å². The number of halogens is 3. The monoisotopic (exact) mass is 502 g/mol. The van der Waals surface area contributed by atoms with Crippen LogP contribution in [0.4, 0.5) is 0 Å². The van der Waals surface area contributed by atoms with E-state index in [2.05, 4.69) is 13.8 Å². The number of benzene rings is 3. The van der Waals surface area contributed by atoms with E-state index in [1.165, 1.54) is 6.08 Å². The molecule has 0 radical (unpaired) electrons. The summed E-state index contributed by atoms with van der Waals surface area (Å²) in [6, 6.07) is 14.4. The molecule has 3 nitrogen and oxygen atoms in total. The normalized spacial score (nSPS) is 11.3. The first-order valence-electron chi connectivity index (χ1n) is 10.5. The van der Waals surface area contributed by atoms with Crippen LogP contribution in [0.3, 0.4) is 0 Å². The summed E-state index contributed by atoms with van der Waals surface area (Å²) in [7, 11) is 1.62. The van der Waals surface area contributed by atoms with E-state index in [9.17, 15) is 4.79 Å². The van der Waals surface area contributed by atoms with E-state index in [4.69, 9.17) is 44.3 Å². The van der Waals surface area contributed by atoms with Crippen LogP contribution in [0.2, 0.25) is 15.1 Å². The van der Waals surface area contributed by atoms with Crippen LogP contribution in [0.1, 0.15) is 52.4 Å². The third-order valence-electron chi connectivity index (χ3n) is 5.22. The highest BCUT2D eigenvalue weighted by atomic mass is 35.5. The molecule has 0 saturated carbocycles. The highest BCUT2D eigenvalue weighted by molar-refractivity contribution is 6.37. The number of hydrogen-bond donors (Lipinski definition) is 0. The van der Waals surface area contributed by atoms with Crippen LogP contribution in [0.25, 0.3) is 6.08 Å². The Hall–Kier alpha value is -2.46. The Morgan fingerprint density at radius 1 is 0.970 bits per heavy atom. The van der Waals surface area contributed by atoms with Gasteiger partial charge in [-0.25, -0.2) is 0 Å². The number of rotatable bonds is 8. The molecule has 172 valence electrons. The molecule has 0 unspecified atom stereocenters. The molecule has 0 bridgehead atoms. The maximum Gasteiger partial charge on any atom is 0.187 e. The van der Waals surface area contributed by atoms with Gasteiger partial charge in [-0.05, 0) is 78.1 Å². The lowest BCUT2D eigenvalue weighted by molar-refractivity contribution is 0.104. The van der Waals surface area contributed by atoms with Gasteiger partial charge in [-0.3, -0.25) is 4.79 Å². The molecule has 0 amide bonds. The Labute approximate surface area is 209 Å². The van der Waals surface area contributed by atoms with Gasteiger partial charge >= 0.3 is 0 Å². The lowest BCUT2D eigenvalue weighted by Gasteiger charge is -2.17. The van der Waals surface area contributed by atoms with Gasteiger partial charge in [0.15, 0.2) is 5.78 Å². The number of ketones is 1. The number of ether oxygens (including phenoxy) is 2. The van der Waals surface area contributed by atoms with E-state index >= 15 is 0 Å². The number of carbonyl (C=O) groups is 1. The van der Waals surface area contributed by atoms with Gasteiger partial charge in [0.25, 0.3) is 0 Å². The summed E-state index contributed by atoms with van der Waals surface area (Å²) in [5.41, 5.74) is 4.10. The molecule has 0 heterocycles. The molecule has 0 atom stereocenters. The van der Waals surface area contributed by atoms with E-state index in [-0.39, 0.29) is 11.7 Å². The minimum Gasteiger partial charge on any atom is -0.496 e. The molecular formula is C27H25Cl3O3. The van der Waals surface area contributed by atoms with Gasteiger partial charge < -0.3 is 9.47 Å². The highest BCUT2D eigenvalue weighted by Gasteiger charge is 2.13. The van der Waals surface area contributed by atoms with Gasteiger partial charge in [0.05, 0.1) is 12.1 Å². The standard InChI is InChI=1S/C27H25Cl3O3/c1-16(2)22-14-23(29)17(3)11-27(22)33-15-19-12-18(6-10-26(19)32-4)5-9-25(31)21-8-7-20(28)13-24(21)30/h5-14,16H,15H2,1-4H3/b9-5+. The maximum atomic E-state index is 12.6. The summed E-state index contributed by atoms with van der Waals surface area (Å²) < 4.78 is 11.7. The fourth-order valence-corrected chi connectivity index (χ4v) is 4.04. The maximum absolute atomic E-state index is 12.6. The topological polar surface area (TPSA) is 35.5 Å². The highest BCUT2D eigenvalue weighted by Crippen LogP contribution is 2.33. The third kappa shape index (κ3) is 6.32. The van der Waals surface area contributed by atoms with Gasteiger partial charge in [-0.1, -0.05) is 60.8 Å². The fraction of sp³-hybridized carbons (Fsp3) is 0.222. The van der Waals surface area contributed by atoms with E-state index in [1.807, 2.05) is 37.3 Å². The Morgan fingerprint density at radius 3 is 2.39 bits per heavy atom. The first-order chi connectivity index (χ1) is 15.7. The molecule has 0 aliphatic carbocycles. The summed E-state index contributed by atoms with van der Waals surface area (Å²) in [6.07, 6.45) is 3.23. The average molecular weight is 504 g/mol. The molecular weight excluding hydrogens is 479 g/mol. The van der Waals surface area contributed by atoms with Crippen molar-refractivity contribution >= 4 is 46.7 Å². The summed E-state index contributed by atoms with van der Waals surface area (Å²) in [5.74, 6) is 1.56. The Balaban J connectivity index is 1.82. The minimum atomic E-state index is -0.205. The molecule has 0 aromatic heterocycles. The van der Waals surface area contributed by atoms with Crippen molar-refractivity contribution in [3.05, 3.63) is 97.5 Å². The predicted molar refractivity (Wildman–Crippen MR) is 137 cm³/mol. The fourth-order valence-electron chi connectivity index (χ4n) is 3.37. The smallest absolute Gasteiger partial charge is 0.187 e. The van der Waals surface area contributed by atoms with Crippen molar-refractivity contribution in [3.8, 4) is 11.5 Å². The van der Waals surface area contributed by atoms with E-state index < -0.39 is 0 Å². The zero-order valence-electron chi connectivity index (χ0n) is 18.9. The van der Waals surface area contributed by atoms with Crippen LogP contribution in [-0.2, 0) is 6.61 Å². The molecule has 3 rings (SSSR count). The van der Waals surface area contributed by atoms with Crippen molar-refractivity contribution < 1.29 is 14.3 Å². The Morgan fingerprint density at radius 2 is 1.73 bits per heavy atom. The molecule has 0 spiro atoms. The third-order valence-corrected chi connectivity index (χ3v) is 6.18. The van der Waals surface area contributed by atoms with E-state index in [1.54, 1.807) is 31.4 Å². The van der Waals surface area contributed by atoms with Crippen LogP contribution in [0.5, 0.6) is 11.5 Å². The van der Waals surface area contributed by atoms with E-state index in [0.717, 1.165) is 33.0 Å². The Kier molecular flexibility index (Phi) is 8.47. The molecule has 0 N–H and O–H groups in total.